The Morgan fingerprint density at radius 1 is 0.833 bits per heavy atom. The van der Waals surface area contributed by atoms with Crippen LogP contribution < -0.4 is 9.47 Å². The Hall–Kier alpha value is -2.65. The molecule has 0 aliphatic rings. The van der Waals surface area contributed by atoms with Gasteiger partial charge >= 0.3 is 0 Å². The average molecular weight is 335 g/mol. The molecule has 0 N–H and O–H groups in total. The van der Waals surface area contributed by atoms with E-state index in [9.17, 15) is 0 Å². The molecule has 3 nitrogen and oxygen atoms in total. The van der Waals surface area contributed by atoms with Gasteiger partial charge in [-0.2, -0.15) is 0 Å². The number of hydrogen-bond donors (Lipinski definition) is 0. The van der Waals surface area contributed by atoms with E-state index in [1.807, 2.05) is 50.5 Å². The largest absolute Gasteiger partial charge is 0.377 e. The third kappa shape index (κ3) is 2.47. The van der Waals surface area contributed by atoms with Crippen molar-refractivity contribution < 1.29 is 4.57 Å². The number of aromatic nitrogens is 2. The van der Waals surface area contributed by atoms with E-state index < -0.39 is 0 Å². The summed E-state index contributed by atoms with van der Waals surface area (Å²) in [6.45, 7) is 0. The summed E-state index contributed by atoms with van der Waals surface area (Å²) in [7, 11) is 4.08. The molecular formula is C20H17ClN3+. The molecule has 0 atom stereocenters. The summed E-state index contributed by atoms with van der Waals surface area (Å²) in [5.41, 5.74) is 6.16. The van der Waals surface area contributed by atoms with Gasteiger partial charge < -0.3 is 4.90 Å². The molecule has 0 saturated heterocycles. The number of benzene rings is 3. The summed E-state index contributed by atoms with van der Waals surface area (Å²) in [6, 6.07) is 22.4. The molecule has 4 rings (SSSR count). The number of anilines is 1. The normalized spacial score (nSPS) is 11.1. The van der Waals surface area contributed by atoms with E-state index in [-0.39, 0.29) is 0 Å². The molecule has 0 radical (unpaired) electrons. The molecule has 0 bridgehead atoms. The molecule has 0 saturated carbocycles. The Morgan fingerprint density at radius 2 is 1.50 bits per heavy atom. The van der Waals surface area contributed by atoms with Gasteiger partial charge in [0.1, 0.15) is 11.0 Å². The Bertz CT molecular complexity index is 1040. The van der Waals surface area contributed by atoms with Gasteiger partial charge in [-0.3, -0.25) is 0 Å². The molecule has 118 valence electrons. The molecule has 4 heteroatoms. The lowest BCUT2D eigenvalue weighted by Gasteiger charge is -2.12. The minimum Gasteiger partial charge on any atom is -0.377 e. The number of halogens is 1. The van der Waals surface area contributed by atoms with Crippen LogP contribution in [0.4, 0.5) is 5.69 Å². The molecule has 0 spiro atoms. The fraction of sp³-hybridized carbons (Fsp3) is 0.100. The Morgan fingerprint density at radius 3 is 2.21 bits per heavy atom. The summed E-state index contributed by atoms with van der Waals surface area (Å²) in [5.74, 6) is 0. The van der Waals surface area contributed by atoms with Crippen molar-refractivity contribution in [1.82, 2.24) is 4.98 Å². The van der Waals surface area contributed by atoms with Gasteiger partial charge in [0.05, 0.1) is 0 Å². The lowest BCUT2D eigenvalue weighted by molar-refractivity contribution is -0.538. The quantitative estimate of drug-likeness (QED) is 0.400. The van der Waals surface area contributed by atoms with E-state index in [2.05, 4.69) is 39.8 Å². The number of hydrogen-bond acceptors (Lipinski definition) is 2. The lowest BCUT2D eigenvalue weighted by Crippen LogP contribution is -2.33. The highest BCUT2D eigenvalue weighted by molar-refractivity contribution is 6.31. The second kappa shape index (κ2) is 5.77. The van der Waals surface area contributed by atoms with Crippen LogP contribution in [-0.4, -0.2) is 19.1 Å². The van der Waals surface area contributed by atoms with Crippen LogP contribution in [0, 0.1) is 0 Å². The number of para-hydroxylation sites is 1. The topological polar surface area (TPSA) is 20.0 Å². The maximum Gasteiger partial charge on any atom is 0.239 e. The van der Waals surface area contributed by atoms with Gasteiger partial charge in [0.15, 0.2) is 0 Å². The van der Waals surface area contributed by atoms with Gasteiger partial charge in [0, 0.05) is 49.1 Å². The first kappa shape index (κ1) is 14.9. The summed E-state index contributed by atoms with van der Waals surface area (Å²) >= 11 is 6.26. The zero-order valence-electron chi connectivity index (χ0n) is 13.6. The van der Waals surface area contributed by atoms with Gasteiger partial charge in [-0.15, -0.1) is 4.57 Å². The van der Waals surface area contributed by atoms with Crippen molar-refractivity contribution in [3.05, 3.63) is 71.8 Å². The zero-order chi connectivity index (χ0) is 16.7. The van der Waals surface area contributed by atoms with E-state index in [1.54, 1.807) is 0 Å². The van der Waals surface area contributed by atoms with Gasteiger partial charge in [-0.1, -0.05) is 29.8 Å². The van der Waals surface area contributed by atoms with Crippen LogP contribution >= 0.6 is 11.6 Å². The molecule has 4 aromatic rings. The van der Waals surface area contributed by atoms with Gasteiger partial charge in [-0.25, -0.2) is 4.98 Å². The zero-order valence-corrected chi connectivity index (χ0v) is 14.3. The van der Waals surface area contributed by atoms with Gasteiger partial charge in [-0.05, 0) is 24.3 Å². The van der Waals surface area contributed by atoms with E-state index in [0.29, 0.717) is 5.02 Å². The van der Waals surface area contributed by atoms with Crippen molar-refractivity contribution in [1.29, 1.82) is 0 Å². The average Bonchev–Trinajstić information content (AvgIpc) is 2.60. The minimum atomic E-state index is 0.706. The molecule has 0 amide bonds. The maximum atomic E-state index is 6.26. The van der Waals surface area contributed by atoms with Crippen LogP contribution in [0.3, 0.4) is 0 Å². The predicted octanol–water partition coefficient (Wildman–Crippen LogP) is 4.38. The SMILES string of the molecule is CN(C)c1ccc2nc3ccc(Cl)cc3[n+](-c3ccccc3)c2c1. The van der Waals surface area contributed by atoms with E-state index >= 15 is 0 Å². The van der Waals surface area contributed by atoms with Crippen molar-refractivity contribution in [2.24, 2.45) is 0 Å². The molecular weight excluding hydrogens is 318 g/mol. The monoisotopic (exact) mass is 334 g/mol. The van der Waals surface area contributed by atoms with Crippen LogP contribution in [0.1, 0.15) is 0 Å². The first-order valence-electron chi connectivity index (χ1n) is 7.81. The van der Waals surface area contributed by atoms with Crippen molar-refractivity contribution in [3.63, 3.8) is 0 Å². The standard InChI is InChI=1S/C20H17ClN3/c1-23(2)16-9-11-18-20(13-16)24(15-6-4-3-5-7-15)19-12-14(21)8-10-17(19)22-18/h3-13H,1-2H3/q+1. The number of fused-ring (bicyclic) bond motifs is 2. The second-order valence-electron chi connectivity index (χ2n) is 5.98. The van der Waals surface area contributed by atoms with Crippen LogP contribution in [0.2, 0.25) is 5.02 Å². The van der Waals surface area contributed by atoms with Crippen LogP contribution in [-0.2, 0) is 0 Å². The first-order valence-corrected chi connectivity index (χ1v) is 8.19. The molecule has 0 aliphatic carbocycles. The first-order chi connectivity index (χ1) is 11.6. The van der Waals surface area contributed by atoms with Crippen LogP contribution in [0.15, 0.2) is 66.7 Å². The van der Waals surface area contributed by atoms with Crippen molar-refractivity contribution in [3.8, 4) is 5.69 Å². The fourth-order valence-electron chi connectivity index (χ4n) is 2.95. The van der Waals surface area contributed by atoms with Crippen molar-refractivity contribution >= 4 is 39.4 Å². The van der Waals surface area contributed by atoms with E-state index in [4.69, 9.17) is 16.6 Å². The van der Waals surface area contributed by atoms with Gasteiger partial charge in [0.2, 0.25) is 16.7 Å². The maximum absolute atomic E-state index is 6.26. The van der Waals surface area contributed by atoms with E-state index in [0.717, 1.165) is 33.4 Å². The Balaban J connectivity index is 2.19. The third-order valence-electron chi connectivity index (χ3n) is 4.15. The van der Waals surface area contributed by atoms with Crippen LogP contribution in [0.25, 0.3) is 27.8 Å². The summed E-state index contributed by atoms with van der Waals surface area (Å²) in [6.07, 6.45) is 0. The molecule has 1 aromatic heterocycles. The molecule has 0 fully saturated rings. The predicted molar refractivity (Wildman–Crippen MR) is 100 cm³/mol. The molecule has 24 heavy (non-hydrogen) atoms. The highest BCUT2D eigenvalue weighted by atomic mass is 35.5. The van der Waals surface area contributed by atoms with Crippen molar-refractivity contribution in [2.75, 3.05) is 19.0 Å². The fourth-order valence-corrected chi connectivity index (χ4v) is 3.11. The Kier molecular flexibility index (Phi) is 3.58. The van der Waals surface area contributed by atoms with Crippen LogP contribution in [0.5, 0.6) is 0 Å². The lowest BCUT2D eigenvalue weighted by atomic mass is 10.2. The molecule has 0 unspecified atom stereocenters. The second-order valence-corrected chi connectivity index (χ2v) is 6.42. The number of rotatable bonds is 2. The van der Waals surface area contributed by atoms with Gasteiger partial charge in [0.25, 0.3) is 0 Å². The molecule has 1 heterocycles. The smallest absolute Gasteiger partial charge is 0.239 e. The number of nitrogens with zero attached hydrogens (tertiary/aromatic N) is 3. The summed E-state index contributed by atoms with van der Waals surface area (Å²) in [5, 5.41) is 0.706. The molecule has 3 aromatic carbocycles. The third-order valence-corrected chi connectivity index (χ3v) is 4.39. The molecule has 0 aliphatic heterocycles. The minimum absolute atomic E-state index is 0.706. The highest BCUT2D eigenvalue weighted by Crippen LogP contribution is 2.23. The Labute approximate surface area is 145 Å². The summed E-state index contributed by atoms with van der Waals surface area (Å²) in [4.78, 5) is 6.90. The summed E-state index contributed by atoms with van der Waals surface area (Å²) < 4.78 is 2.22. The highest BCUT2D eigenvalue weighted by Gasteiger charge is 2.20. The van der Waals surface area contributed by atoms with Crippen molar-refractivity contribution in [2.45, 2.75) is 0 Å². The van der Waals surface area contributed by atoms with E-state index in [1.165, 1.54) is 0 Å².